The van der Waals surface area contributed by atoms with E-state index in [1.807, 2.05) is 0 Å². The molecule has 0 bridgehead atoms. The summed E-state index contributed by atoms with van der Waals surface area (Å²) < 4.78 is 18.4. The second-order valence-corrected chi connectivity index (χ2v) is 4.51. The van der Waals surface area contributed by atoms with E-state index in [1.54, 1.807) is 13.2 Å². The summed E-state index contributed by atoms with van der Waals surface area (Å²) in [5.41, 5.74) is 0.863. The van der Waals surface area contributed by atoms with Crippen molar-refractivity contribution in [1.82, 2.24) is 4.90 Å². The molecular weight excluding hydrogens is 233 g/mol. The number of phenols is 1. The molecule has 3 nitrogen and oxygen atoms in total. The fraction of sp³-hybridized carbons (Fsp3) is 0.571. The lowest BCUT2D eigenvalue weighted by Crippen LogP contribution is -2.34. The van der Waals surface area contributed by atoms with Gasteiger partial charge in [0.25, 0.3) is 0 Å². The molecule has 1 aromatic carbocycles. The molecule has 102 valence electrons. The first-order chi connectivity index (χ1) is 8.58. The van der Waals surface area contributed by atoms with E-state index < -0.39 is 5.82 Å². The van der Waals surface area contributed by atoms with E-state index in [4.69, 9.17) is 9.84 Å². The van der Waals surface area contributed by atoms with Crippen LogP contribution in [-0.4, -0.2) is 36.3 Å². The van der Waals surface area contributed by atoms with Crippen molar-refractivity contribution < 1.29 is 14.2 Å². The van der Waals surface area contributed by atoms with Gasteiger partial charge >= 0.3 is 0 Å². The molecule has 0 amide bonds. The Morgan fingerprint density at radius 2 is 2.17 bits per heavy atom. The Labute approximate surface area is 108 Å². The minimum Gasteiger partial charge on any atom is -0.505 e. The van der Waals surface area contributed by atoms with Gasteiger partial charge in [0, 0.05) is 26.2 Å². The minimum absolute atomic E-state index is 0.300. The largest absolute Gasteiger partial charge is 0.505 e. The summed E-state index contributed by atoms with van der Waals surface area (Å²) in [7, 11) is 1.68. The fourth-order valence-corrected chi connectivity index (χ4v) is 1.81. The van der Waals surface area contributed by atoms with Gasteiger partial charge in [-0.25, -0.2) is 4.39 Å². The zero-order chi connectivity index (χ0) is 13.5. The topological polar surface area (TPSA) is 32.7 Å². The van der Waals surface area contributed by atoms with Crippen LogP contribution in [0.15, 0.2) is 18.2 Å². The maximum atomic E-state index is 13.3. The number of ether oxygens (including phenoxy) is 1. The fourth-order valence-electron chi connectivity index (χ4n) is 1.81. The number of halogens is 1. The molecule has 0 radical (unpaired) electrons. The van der Waals surface area contributed by atoms with Gasteiger partial charge in [0.2, 0.25) is 0 Å². The summed E-state index contributed by atoms with van der Waals surface area (Å²) in [4.78, 5) is 2.25. The molecule has 0 aliphatic rings. The standard InChI is InChI=1S/C14H22FNO2/c1-4-11(2)16(7-8-18-3)10-12-5-6-14(17)13(15)9-12/h5-6,9,11,17H,4,7-8,10H2,1-3H3. The average Bonchev–Trinajstić information content (AvgIpc) is 2.37. The maximum Gasteiger partial charge on any atom is 0.165 e. The van der Waals surface area contributed by atoms with Gasteiger partial charge in [-0.1, -0.05) is 13.0 Å². The van der Waals surface area contributed by atoms with Crippen molar-refractivity contribution in [3.8, 4) is 5.75 Å². The van der Waals surface area contributed by atoms with E-state index in [-0.39, 0.29) is 5.75 Å². The van der Waals surface area contributed by atoms with Gasteiger partial charge in [-0.15, -0.1) is 0 Å². The predicted octanol–water partition coefficient (Wildman–Crippen LogP) is 2.78. The molecule has 1 rings (SSSR count). The van der Waals surface area contributed by atoms with Crippen molar-refractivity contribution >= 4 is 0 Å². The van der Waals surface area contributed by atoms with E-state index in [2.05, 4.69) is 18.7 Å². The predicted molar refractivity (Wildman–Crippen MR) is 70.1 cm³/mol. The SMILES string of the molecule is CCC(C)N(CCOC)Cc1ccc(O)c(F)c1. The van der Waals surface area contributed by atoms with Crippen molar-refractivity contribution in [3.05, 3.63) is 29.6 Å². The molecule has 0 saturated heterocycles. The normalized spacial score (nSPS) is 12.9. The highest BCUT2D eigenvalue weighted by Crippen LogP contribution is 2.18. The number of methoxy groups -OCH3 is 1. The van der Waals surface area contributed by atoms with E-state index in [1.165, 1.54) is 12.1 Å². The van der Waals surface area contributed by atoms with Gasteiger partial charge in [0.1, 0.15) is 0 Å². The Balaban J connectivity index is 2.71. The van der Waals surface area contributed by atoms with Gasteiger partial charge in [-0.3, -0.25) is 4.90 Å². The van der Waals surface area contributed by atoms with E-state index in [9.17, 15) is 4.39 Å². The highest BCUT2D eigenvalue weighted by Gasteiger charge is 2.13. The van der Waals surface area contributed by atoms with Gasteiger partial charge < -0.3 is 9.84 Å². The smallest absolute Gasteiger partial charge is 0.165 e. The molecule has 0 aromatic heterocycles. The first kappa shape index (κ1) is 14.9. The third-order valence-electron chi connectivity index (χ3n) is 3.19. The van der Waals surface area contributed by atoms with Crippen LogP contribution in [0.5, 0.6) is 5.75 Å². The van der Waals surface area contributed by atoms with Crippen LogP contribution >= 0.6 is 0 Å². The molecule has 1 aromatic rings. The van der Waals surface area contributed by atoms with Gasteiger partial charge in [0.15, 0.2) is 11.6 Å². The quantitative estimate of drug-likeness (QED) is 0.813. The van der Waals surface area contributed by atoms with E-state index in [0.29, 0.717) is 19.2 Å². The van der Waals surface area contributed by atoms with Crippen LogP contribution in [0.3, 0.4) is 0 Å². The van der Waals surface area contributed by atoms with Crippen LogP contribution in [0.1, 0.15) is 25.8 Å². The zero-order valence-corrected chi connectivity index (χ0v) is 11.3. The monoisotopic (exact) mass is 255 g/mol. The van der Waals surface area contributed by atoms with Crippen molar-refractivity contribution in [2.75, 3.05) is 20.3 Å². The molecule has 18 heavy (non-hydrogen) atoms. The molecular formula is C14H22FNO2. The number of aromatic hydroxyl groups is 1. The second-order valence-electron chi connectivity index (χ2n) is 4.51. The van der Waals surface area contributed by atoms with Crippen LogP contribution in [0.25, 0.3) is 0 Å². The number of phenolic OH excluding ortho intramolecular Hbond substituents is 1. The number of benzene rings is 1. The molecule has 0 spiro atoms. The van der Waals surface area contributed by atoms with Gasteiger partial charge in [-0.2, -0.15) is 0 Å². The molecule has 1 unspecified atom stereocenters. The molecule has 4 heteroatoms. The lowest BCUT2D eigenvalue weighted by molar-refractivity contribution is 0.118. The maximum absolute atomic E-state index is 13.3. The van der Waals surface area contributed by atoms with Gasteiger partial charge in [-0.05, 0) is 31.0 Å². The van der Waals surface area contributed by atoms with Crippen molar-refractivity contribution in [2.45, 2.75) is 32.9 Å². The molecule has 0 fully saturated rings. The Morgan fingerprint density at radius 3 is 2.72 bits per heavy atom. The number of hydrogen-bond acceptors (Lipinski definition) is 3. The van der Waals surface area contributed by atoms with Crippen LogP contribution < -0.4 is 0 Å². The van der Waals surface area contributed by atoms with E-state index in [0.717, 1.165) is 18.5 Å². The van der Waals surface area contributed by atoms with Crippen LogP contribution in [-0.2, 0) is 11.3 Å². The van der Waals surface area contributed by atoms with Gasteiger partial charge in [0.05, 0.1) is 6.61 Å². The first-order valence-corrected chi connectivity index (χ1v) is 6.28. The first-order valence-electron chi connectivity index (χ1n) is 6.28. The van der Waals surface area contributed by atoms with Crippen molar-refractivity contribution in [2.24, 2.45) is 0 Å². The summed E-state index contributed by atoms with van der Waals surface area (Å²) in [6, 6.07) is 4.95. The Kier molecular flexibility index (Phi) is 6.09. The summed E-state index contributed by atoms with van der Waals surface area (Å²) in [6.07, 6.45) is 1.03. The summed E-state index contributed by atoms with van der Waals surface area (Å²) in [5, 5.41) is 9.17. The molecule has 0 aliphatic carbocycles. The summed E-state index contributed by atoms with van der Waals surface area (Å²) in [6.45, 7) is 6.41. The molecule has 1 atom stereocenters. The summed E-state index contributed by atoms with van der Waals surface area (Å²) in [5.74, 6) is -0.867. The Morgan fingerprint density at radius 1 is 1.44 bits per heavy atom. The molecule has 0 saturated carbocycles. The third-order valence-corrected chi connectivity index (χ3v) is 3.19. The summed E-state index contributed by atoms with van der Waals surface area (Å²) >= 11 is 0. The number of rotatable bonds is 7. The molecule has 0 heterocycles. The lowest BCUT2D eigenvalue weighted by atomic mass is 10.1. The highest BCUT2D eigenvalue weighted by atomic mass is 19.1. The lowest BCUT2D eigenvalue weighted by Gasteiger charge is -2.28. The van der Waals surface area contributed by atoms with Crippen LogP contribution in [0.2, 0.25) is 0 Å². The zero-order valence-electron chi connectivity index (χ0n) is 11.3. The number of hydrogen-bond donors (Lipinski definition) is 1. The molecule has 0 aliphatic heterocycles. The minimum atomic E-state index is -0.566. The van der Waals surface area contributed by atoms with Crippen molar-refractivity contribution in [1.29, 1.82) is 0 Å². The van der Waals surface area contributed by atoms with Crippen LogP contribution in [0.4, 0.5) is 4.39 Å². The van der Waals surface area contributed by atoms with E-state index >= 15 is 0 Å². The number of nitrogens with zero attached hydrogens (tertiary/aromatic N) is 1. The van der Waals surface area contributed by atoms with Crippen LogP contribution in [0, 0.1) is 5.82 Å². The average molecular weight is 255 g/mol. The highest BCUT2D eigenvalue weighted by molar-refractivity contribution is 5.27. The van der Waals surface area contributed by atoms with Crippen molar-refractivity contribution in [3.63, 3.8) is 0 Å². The molecule has 1 N–H and O–H groups in total. The third kappa shape index (κ3) is 4.27. The second kappa shape index (κ2) is 7.34. The Bertz CT molecular complexity index is 371. The Hall–Kier alpha value is -1.13.